The number of benzene rings is 9. The zero-order valence-corrected chi connectivity index (χ0v) is 35.0. The lowest BCUT2D eigenvalue weighted by atomic mass is 10.0. The molecule has 9 aromatic carbocycles. The van der Waals surface area contributed by atoms with E-state index in [4.69, 9.17) is 0 Å². The lowest BCUT2D eigenvalue weighted by Crippen LogP contribution is -2.03. The minimum Gasteiger partial charge on any atom is -0.312 e. The summed E-state index contributed by atoms with van der Waals surface area (Å²) in [6, 6.07) is 75.9. The molecule has 64 heavy (non-hydrogen) atoms. The zero-order chi connectivity index (χ0) is 41.9. The lowest BCUT2D eigenvalue weighted by molar-refractivity contribution is 0.890. The van der Waals surface area contributed by atoms with Crippen LogP contribution < -0.4 is 0 Å². The Bertz CT molecular complexity index is 4060. The lowest BCUT2D eigenvalue weighted by Gasteiger charge is -2.18. The van der Waals surface area contributed by atoms with Crippen LogP contribution in [0.3, 0.4) is 0 Å². The van der Waals surface area contributed by atoms with Gasteiger partial charge in [-0.2, -0.15) is 0 Å². The van der Waals surface area contributed by atoms with E-state index in [0.29, 0.717) is 0 Å². The van der Waals surface area contributed by atoms with E-state index in [0.717, 1.165) is 29.9 Å². The van der Waals surface area contributed by atoms with Gasteiger partial charge in [-0.1, -0.05) is 152 Å². The highest BCUT2D eigenvalue weighted by atomic mass is 15.0. The van der Waals surface area contributed by atoms with Gasteiger partial charge in [0.05, 0.1) is 50.0 Å². The Morgan fingerprint density at radius 2 is 0.766 bits per heavy atom. The fraction of sp³-hybridized carbons (Fsp3) is 0.0333. The van der Waals surface area contributed by atoms with Crippen molar-refractivity contribution in [1.29, 1.82) is 0 Å². The second-order valence-electron chi connectivity index (χ2n) is 17.1. The molecule has 0 spiro atoms. The van der Waals surface area contributed by atoms with E-state index in [-0.39, 0.29) is 0 Å². The molecule has 0 fully saturated rings. The first-order chi connectivity index (χ1) is 31.8. The molecule has 1 aliphatic carbocycles. The van der Waals surface area contributed by atoms with Crippen LogP contribution in [0, 0.1) is 0 Å². The molecule has 13 aromatic rings. The Morgan fingerprint density at radius 1 is 0.312 bits per heavy atom. The minimum atomic E-state index is 1.01. The van der Waals surface area contributed by atoms with Gasteiger partial charge in [0.1, 0.15) is 0 Å². The van der Waals surface area contributed by atoms with Gasteiger partial charge in [0.15, 0.2) is 0 Å². The maximum atomic E-state index is 2.55. The van der Waals surface area contributed by atoms with E-state index < -0.39 is 0 Å². The number of allylic oxidation sites excluding steroid dienone is 1. The normalized spacial score (nSPS) is 12.8. The maximum Gasteiger partial charge on any atom is 0.0641 e. The topological polar surface area (TPSA) is 19.7 Å². The number of hydrogen-bond donors (Lipinski definition) is 0. The molecule has 0 bridgehead atoms. The van der Waals surface area contributed by atoms with Gasteiger partial charge in [0, 0.05) is 71.5 Å². The molecule has 14 rings (SSSR count). The van der Waals surface area contributed by atoms with Crippen LogP contribution in [0.4, 0.5) is 0 Å². The van der Waals surface area contributed by atoms with Crippen LogP contribution in [0.25, 0.3) is 116 Å². The molecule has 300 valence electrons. The monoisotopic (exact) mass is 816 g/mol. The van der Waals surface area contributed by atoms with Crippen LogP contribution in [0.5, 0.6) is 0 Å². The molecule has 0 amide bonds. The highest BCUT2D eigenvalue weighted by molar-refractivity contribution is 6.26. The fourth-order valence-electron chi connectivity index (χ4n) is 11.3. The second-order valence-corrected chi connectivity index (χ2v) is 17.1. The summed E-state index contributed by atoms with van der Waals surface area (Å²) in [7, 11) is 0. The van der Waals surface area contributed by atoms with Gasteiger partial charge in [-0.05, 0) is 79.6 Å². The van der Waals surface area contributed by atoms with E-state index in [1.807, 2.05) is 0 Å². The molecule has 0 N–H and O–H groups in total. The molecule has 4 nitrogen and oxygen atoms in total. The quantitative estimate of drug-likeness (QED) is 0.165. The van der Waals surface area contributed by atoms with Crippen molar-refractivity contribution in [1.82, 2.24) is 18.3 Å². The molecule has 0 saturated heterocycles. The highest BCUT2D eigenvalue weighted by Gasteiger charge is 2.26. The summed E-state index contributed by atoms with van der Waals surface area (Å²) in [4.78, 5) is 0. The van der Waals surface area contributed by atoms with Crippen molar-refractivity contribution in [2.24, 2.45) is 0 Å². The molecule has 0 atom stereocenters. The smallest absolute Gasteiger partial charge is 0.0641 e. The number of rotatable bonds is 5. The van der Waals surface area contributed by atoms with Crippen molar-refractivity contribution in [3.8, 4) is 33.9 Å². The summed E-state index contributed by atoms with van der Waals surface area (Å²) in [6.07, 6.45) is 6.74. The first kappa shape index (κ1) is 35.3. The first-order valence-electron chi connectivity index (χ1n) is 22.3. The van der Waals surface area contributed by atoms with Crippen molar-refractivity contribution in [3.63, 3.8) is 0 Å². The summed E-state index contributed by atoms with van der Waals surface area (Å²) >= 11 is 0. The third-order valence-electron chi connectivity index (χ3n) is 13.8. The molecule has 0 saturated carbocycles. The number of fused-ring (bicyclic) bond motifs is 14. The summed E-state index contributed by atoms with van der Waals surface area (Å²) in [5.74, 6) is 0. The van der Waals surface area contributed by atoms with Crippen molar-refractivity contribution < 1.29 is 0 Å². The third kappa shape index (κ3) is 4.82. The van der Waals surface area contributed by atoms with Crippen LogP contribution in [0.2, 0.25) is 0 Å². The Kier molecular flexibility index (Phi) is 7.48. The van der Waals surface area contributed by atoms with Crippen molar-refractivity contribution in [2.75, 3.05) is 0 Å². The molecule has 4 aromatic heterocycles. The molecular weight excluding hydrogens is 777 g/mol. The molecule has 0 radical (unpaired) electrons. The first-order valence-corrected chi connectivity index (χ1v) is 22.3. The van der Waals surface area contributed by atoms with Crippen molar-refractivity contribution >= 4 is 82.4 Å². The van der Waals surface area contributed by atoms with Crippen LogP contribution >= 0.6 is 0 Å². The standard InChI is InChI=1S/C60H40N4/c1-3-19-39(20-4-1)61-49-29-13-9-25-43(49)45-35-37-55-57(59(45)61)47-27-11-17-33-53(47)63(55)51-31-15-7-23-41(51)42-24-8-16-32-52(42)64-54-34-18-12-28-48(54)58-56(64)38-36-46-44-26-10-14-30-50(44)62(60(46)58)40-21-5-2-6-22-40/h1-13,15-29,31-38H,14,30H2. The molecule has 0 unspecified atom stereocenters. The Balaban J connectivity index is 1.06. The van der Waals surface area contributed by atoms with Crippen LogP contribution in [0.1, 0.15) is 17.7 Å². The third-order valence-corrected chi connectivity index (χ3v) is 13.8. The van der Waals surface area contributed by atoms with E-state index in [1.54, 1.807) is 0 Å². The summed E-state index contributed by atoms with van der Waals surface area (Å²) in [5, 5.41) is 8.83. The fourth-order valence-corrected chi connectivity index (χ4v) is 11.3. The van der Waals surface area contributed by atoms with Crippen LogP contribution in [-0.2, 0) is 6.42 Å². The predicted octanol–water partition coefficient (Wildman–Crippen LogP) is 15.5. The number of hydrogen-bond acceptors (Lipinski definition) is 0. The van der Waals surface area contributed by atoms with Gasteiger partial charge in [-0.25, -0.2) is 0 Å². The SMILES string of the molecule is C1=Cc2c(n(-c3ccccc3)c3c2ccc2c3c3ccccc3n2-c2ccccc2-c2ccccc2-n2c3ccccc3c3c2ccc2c4ccccc4n(-c4ccccc4)c23)CC1. The van der Waals surface area contributed by atoms with Crippen LogP contribution in [-0.4, -0.2) is 18.3 Å². The van der Waals surface area contributed by atoms with Gasteiger partial charge in [-0.3, -0.25) is 0 Å². The Morgan fingerprint density at radius 3 is 1.36 bits per heavy atom. The van der Waals surface area contributed by atoms with Gasteiger partial charge >= 0.3 is 0 Å². The number of nitrogens with zero attached hydrogens (tertiary/aromatic N) is 4. The maximum absolute atomic E-state index is 2.55. The average Bonchev–Trinajstić information content (AvgIpc) is 4.09. The largest absolute Gasteiger partial charge is 0.312 e. The summed E-state index contributed by atoms with van der Waals surface area (Å²) in [5.41, 5.74) is 18.2. The van der Waals surface area contributed by atoms with Gasteiger partial charge in [0.25, 0.3) is 0 Å². The van der Waals surface area contributed by atoms with E-state index >= 15 is 0 Å². The molecule has 1 aliphatic rings. The highest BCUT2D eigenvalue weighted by Crippen LogP contribution is 2.46. The summed E-state index contributed by atoms with van der Waals surface area (Å²) in [6.45, 7) is 0. The molecule has 4 heteroatoms. The van der Waals surface area contributed by atoms with Gasteiger partial charge in [-0.15, -0.1) is 0 Å². The molecular formula is C60H40N4. The second kappa shape index (κ2) is 13.6. The zero-order valence-electron chi connectivity index (χ0n) is 35.0. The van der Waals surface area contributed by atoms with E-state index in [9.17, 15) is 0 Å². The Hall–Kier alpha value is -8.34. The van der Waals surface area contributed by atoms with Gasteiger partial charge < -0.3 is 18.3 Å². The average molecular weight is 817 g/mol. The van der Waals surface area contributed by atoms with Gasteiger partial charge in [0.2, 0.25) is 0 Å². The van der Waals surface area contributed by atoms with Crippen LogP contribution in [0.15, 0.2) is 212 Å². The Labute approximate surface area is 369 Å². The summed E-state index contributed by atoms with van der Waals surface area (Å²) < 4.78 is 10.0. The predicted molar refractivity (Wildman–Crippen MR) is 269 cm³/mol. The van der Waals surface area contributed by atoms with E-state index in [2.05, 4.69) is 237 Å². The number of aromatic nitrogens is 4. The minimum absolute atomic E-state index is 1.01. The van der Waals surface area contributed by atoms with Crippen molar-refractivity contribution in [2.45, 2.75) is 12.8 Å². The van der Waals surface area contributed by atoms with Crippen molar-refractivity contribution in [3.05, 3.63) is 224 Å². The van der Waals surface area contributed by atoms with E-state index in [1.165, 1.54) is 104 Å². The molecule has 0 aliphatic heterocycles. The number of para-hydroxylation sites is 7. The molecule has 4 heterocycles.